The van der Waals surface area contributed by atoms with E-state index >= 15 is 0 Å². The van der Waals surface area contributed by atoms with Gasteiger partial charge in [-0.15, -0.1) is 0 Å². The average molecular weight is 122 g/mol. The molecule has 2 bridgehead atoms. The van der Waals surface area contributed by atoms with Crippen LogP contribution in [0.3, 0.4) is 0 Å². The molecule has 0 heteroatoms. The van der Waals surface area contributed by atoms with Gasteiger partial charge in [-0.05, 0) is 41.9 Å². The smallest absolute Gasteiger partial charge is 0.0229 e. The van der Waals surface area contributed by atoms with E-state index in [2.05, 4.69) is 13.8 Å². The topological polar surface area (TPSA) is 0 Å². The number of hydrogen-bond donors (Lipinski definition) is 0. The number of rotatable bonds is 0. The van der Waals surface area contributed by atoms with Crippen molar-refractivity contribution in [3.05, 3.63) is 0 Å². The average Bonchev–Trinajstić information content (AvgIpc) is 2.42. The first-order valence-corrected chi connectivity index (χ1v) is 4.20. The van der Waals surface area contributed by atoms with Gasteiger partial charge in [-0.25, -0.2) is 0 Å². The highest BCUT2D eigenvalue weighted by molar-refractivity contribution is 5.29. The predicted octanol–water partition coefficient (Wildman–Crippen LogP) is 2.44. The van der Waals surface area contributed by atoms with E-state index in [1.807, 2.05) is 0 Å². The fourth-order valence-electron chi connectivity index (χ4n) is 3.94. The van der Waals surface area contributed by atoms with E-state index in [4.69, 9.17) is 0 Å². The van der Waals surface area contributed by atoms with Crippen LogP contribution in [0.15, 0.2) is 0 Å². The van der Waals surface area contributed by atoms with Crippen molar-refractivity contribution in [1.82, 2.24) is 0 Å². The Morgan fingerprint density at radius 2 is 2.11 bits per heavy atom. The minimum absolute atomic E-state index is 0.819. The lowest BCUT2D eigenvalue weighted by atomic mass is 9.62. The summed E-state index contributed by atoms with van der Waals surface area (Å²) in [5, 5.41) is 0. The molecule has 0 nitrogen and oxygen atoms in total. The monoisotopic (exact) mass is 122 g/mol. The van der Waals surface area contributed by atoms with Crippen molar-refractivity contribution in [2.45, 2.75) is 33.1 Å². The first-order chi connectivity index (χ1) is 4.20. The summed E-state index contributed by atoms with van der Waals surface area (Å²) in [6, 6.07) is 0. The molecule has 4 rings (SSSR count). The van der Waals surface area contributed by atoms with Crippen molar-refractivity contribution in [1.29, 1.82) is 0 Å². The fourth-order valence-corrected chi connectivity index (χ4v) is 3.94. The van der Waals surface area contributed by atoms with Crippen LogP contribution in [0.2, 0.25) is 0 Å². The van der Waals surface area contributed by atoms with E-state index in [0.29, 0.717) is 0 Å². The molecule has 0 heterocycles. The van der Waals surface area contributed by atoms with Crippen LogP contribution in [0.4, 0.5) is 0 Å². The molecule has 1 unspecified atom stereocenters. The van der Waals surface area contributed by atoms with Gasteiger partial charge in [0.25, 0.3) is 0 Å². The summed E-state index contributed by atoms with van der Waals surface area (Å²) in [7, 11) is 0. The van der Waals surface area contributed by atoms with E-state index in [9.17, 15) is 0 Å². The summed E-state index contributed by atoms with van der Waals surface area (Å²) in [5.74, 6) is 2.26. The van der Waals surface area contributed by atoms with Crippen molar-refractivity contribution in [3.8, 4) is 0 Å². The highest BCUT2D eigenvalue weighted by Gasteiger charge is 2.81. The first-order valence-electron chi connectivity index (χ1n) is 4.20. The minimum Gasteiger partial charge on any atom is -0.0614 e. The molecule has 9 heavy (non-hydrogen) atoms. The highest BCUT2D eigenvalue weighted by Crippen LogP contribution is 2.88. The van der Waals surface area contributed by atoms with Crippen molar-refractivity contribution < 1.29 is 0 Å². The van der Waals surface area contributed by atoms with Gasteiger partial charge in [0, 0.05) is 0 Å². The van der Waals surface area contributed by atoms with Crippen LogP contribution in [-0.4, -0.2) is 0 Å². The Balaban J connectivity index is 2.12. The van der Waals surface area contributed by atoms with Crippen LogP contribution in [-0.2, 0) is 0 Å². The van der Waals surface area contributed by atoms with Gasteiger partial charge in [0.2, 0.25) is 0 Å². The maximum absolute atomic E-state index is 2.50. The zero-order valence-electron chi connectivity index (χ0n) is 6.28. The second-order valence-electron chi connectivity index (χ2n) is 4.72. The quantitative estimate of drug-likeness (QED) is 0.463. The van der Waals surface area contributed by atoms with Crippen LogP contribution in [0.25, 0.3) is 0 Å². The molecule has 0 aromatic heterocycles. The Morgan fingerprint density at radius 3 is 2.22 bits per heavy atom. The Hall–Kier alpha value is 0. The lowest BCUT2D eigenvalue weighted by Crippen LogP contribution is -2.37. The molecule has 0 N–H and O–H groups in total. The fraction of sp³-hybridized carbons (Fsp3) is 1.00. The van der Waals surface area contributed by atoms with Gasteiger partial charge in [-0.3, -0.25) is 0 Å². The Morgan fingerprint density at radius 1 is 1.33 bits per heavy atom. The van der Waals surface area contributed by atoms with E-state index in [-0.39, 0.29) is 0 Å². The summed E-state index contributed by atoms with van der Waals surface area (Å²) in [6.45, 7) is 4.97. The summed E-state index contributed by atoms with van der Waals surface area (Å²) in [6.07, 6.45) is 4.69. The lowest BCUT2D eigenvalue weighted by molar-refractivity contribution is 0.0560. The van der Waals surface area contributed by atoms with E-state index in [1.54, 1.807) is 19.3 Å². The molecule has 4 atom stereocenters. The van der Waals surface area contributed by atoms with Crippen LogP contribution >= 0.6 is 0 Å². The molecule has 50 valence electrons. The molecule has 0 aromatic rings. The Bertz CT molecular complexity index is 184. The molecular weight excluding hydrogens is 108 g/mol. The first kappa shape index (κ1) is 4.76. The minimum atomic E-state index is 0.819. The van der Waals surface area contributed by atoms with Gasteiger partial charge in [0.1, 0.15) is 0 Å². The van der Waals surface area contributed by atoms with Crippen molar-refractivity contribution in [2.24, 2.45) is 22.7 Å². The lowest BCUT2D eigenvalue weighted by Gasteiger charge is -2.42. The third-order valence-electron chi connectivity index (χ3n) is 4.89. The highest BCUT2D eigenvalue weighted by atomic mass is 14.8. The molecule has 4 saturated carbocycles. The summed E-state index contributed by atoms with van der Waals surface area (Å²) < 4.78 is 0. The number of fused-ring (bicyclic) bond motifs is 1. The molecule has 0 saturated heterocycles. The molecule has 0 aliphatic heterocycles. The van der Waals surface area contributed by atoms with E-state index < -0.39 is 0 Å². The Labute approximate surface area is 56.6 Å². The van der Waals surface area contributed by atoms with Gasteiger partial charge in [0.15, 0.2) is 0 Å². The summed E-state index contributed by atoms with van der Waals surface area (Å²) in [5.41, 5.74) is 1.74. The normalized spacial score (nSPS) is 75.3. The van der Waals surface area contributed by atoms with Crippen LogP contribution in [0.5, 0.6) is 0 Å². The molecule has 0 radical (unpaired) electrons. The largest absolute Gasteiger partial charge is 0.0614 e. The van der Waals surface area contributed by atoms with E-state index in [1.165, 1.54) is 5.92 Å². The van der Waals surface area contributed by atoms with Gasteiger partial charge < -0.3 is 0 Å². The van der Waals surface area contributed by atoms with Gasteiger partial charge in [-0.2, -0.15) is 0 Å². The molecule has 4 fully saturated rings. The third kappa shape index (κ3) is 0.249. The summed E-state index contributed by atoms with van der Waals surface area (Å²) >= 11 is 0. The van der Waals surface area contributed by atoms with Crippen molar-refractivity contribution >= 4 is 0 Å². The van der Waals surface area contributed by atoms with Gasteiger partial charge in [-0.1, -0.05) is 13.8 Å². The third-order valence-corrected chi connectivity index (χ3v) is 4.89. The van der Waals surface area contributed by atoms with Gasteiger partial charge in [0.05, 0.1) is 0 Å². The van der Waals surface area contributed by atoms with Crippen LogP contribution < -0.4 is 0 Å². The van der Waals surface area contributed by atoms with Crippen molar-refractivity contribution in [2.75, 3.05) is 0 Å². The van der Waals surface area contributed by atoms with Crippen LogP contribution in [0.1, 0.15) is 33.1 Å². The van der Waals surface area contributed by atoms with E-state index in [0.717, 1.165) is 16.7 Å². The Kier molecular flexibility index (Phi) is 0.470. The molecule has 1 spiro atoms. The maximum atomic E-state index is 2.50. The standard InChI is InChI=1S/C9H14/c1-6-8(2)3-4-9(6)5-7(8)9/h6-7H,3-5H2,1-2H3/t6-,7+,8+,9?/m1/s1. The second kappa shape index (κ2) is 0.889. The molecule has 4 aliphatic carbocycles. The molecule has 0 aromatic carbocycles. The zero-order chi connectivity index (χ0) is 6.28. The SMILES string of the molecule is C[C@H]1C23CC[C@]1(C)[C@@H]2C3. The maximum Gasteiger partial charge on any atom is -0.0229 e. The number of hydrogen-bond acceptors (Lipinski definition) is 0. The second-order valence-corrected chi connectivity index (χ2v) is 4.72. The molecule has 4 aliphatic rings. The zero-order valence-corrected chi connectivity index (χ0v) is 6.28. The molecule has 0 amide bonds. The predicted molar refractivity (Wildman–Crippen MR) is 37.0 cm³/mol. The molecular formula is C9H14. The summed E-state index contributed by atoms with van der Waals surface area (Å²) in [4.78, 5) is 0. The van der Waals surface area contributed by atoms with Crippen molar-refractivity contribution in [3.63, 3.8) is 0 Å². The van der Waals surface area contributed by atoms with Crippen LogP contribution in [0, 0.1) is 22.7 Å². The van der Waals surface area contributed by atoms with Gasteiger partial charge >= 0.3 is 0 Å².